The number of aromatic nitrogens is 1. The van der Waals surface area contributed by atoms with E-state index in [1.54, 1.807) is 30.6 Å². The number of thiophene rings is 1. The van der Waals surface area contributed by atoms with Crippen molar-refractivity contribution in [2.24, 2.45) is 5.14 Å². The molecule has 142 valence electrons. The lowest BCUT2D eigenvalue weighted by Crippen LogP contribution is -2.18. The van der Waals surface area contributed by atoms with Gasteiger partial charge in [0, 0.05) is 17.3 Å². The van der Waals surface area contributed by atoms with Crippen LogP contribution in [0.15, 0.2) is 65.1 Å². The molecular weight excluding hydrogens is 384 g/mol. The standard InChI is InChI=1S/C19H20N2O4S2/c20-27(23,24)19-10-9-18(26-19)15-4-7-17(8-5-15)25-13-16(22)6-3-14-2-1-11-21-12-14/h1-2,4-5,7-12,16,22H,3,6,13H2,(H2,20,23,24). The molecule has 2 heterocycles. The molecule has 3 aromatic rings. The molecule has 27 heavy (non-hydrogen) atoms. The fourth-order valence-corrected chi connectivity index (χ4v) is 4.23. The van der Waals surface area contributed by atoms with Crippen molar-refractivity contribution in [3.8, 4) is 16.2 Å². The highest BCUT2D eigenvalue weighted by Gasteiger charge is 2.12. The maximum absolute atomic E-state index is 11.4. The molecule has 0 saturated carbocycles. The number of hydrogen-bond donors (Lipinski definition) is 2. The molecule has 0 aliphatic heterocycles. The van der Waals surface area contributed by atoms with Crippen LogP contribution in [0.25, 0.3) is 10.4 Å². The van der Waals surface area contributed by atoms with E-state index in [1.807, 2.05) is 24.3 Å². The molecule has 0 radical (unpaired) electrons. The second kappa shape index (κ2) is 8.62. The number of aliphatic hydroxyl groups excluding tert-OH is 1. The minimum atomic E-state index is -3.68. The number of aliphatic hydroxyl groups is 1. The van der Waals surface area contributed by atoms with Gasteiger partial charge in [0.2, 0.25) is 10.0 Å². The molecule has 3 rings (SSSR count). The SMILES string of the molecule is NS(=O)(=O)c1ccc(-c2ccc(OCC(O)CCc3cccnc3)cc2)s1. The Hall–Kier alpha value is -2.26. The zero-order valence-electron chi connectivity index (χ0n) is 14.5. The van der Waals surface area contributed by atoms with E-state index in [4.69, 9.17) is 9.88 Å². The summed E-state index contributed by atoms with van der Waals surface area (Å²) in [6.45, 7) is 0.203. The number of sulfonamides is 1. The van der Waals surface area contributed by atoms with Crippen molar-refractivity contribution < 1.29 is 18.3 Å². The number of aryl methyl sites for hydroxylation is 1. The van der Waals surface area contributed by atoms with Gasteiger partial charge in [-0.25, -0.2) is 13.6 Å². The first-order chi connectivity index (χ1) is 12.9. The monoisotopic (exact) mass is 404 g/mol. The van der Waals surface area contributed by atoms with Gasteiger partial charge in [-0.2, -0.15) is 0 Å². The number of pyridine rings is 1. The summed E-state index contributed by atoms with van der Waals surface area (Å²) in [5, 5.41) is 15.2. The summed E-state index contributed by atoms with van der Waals surface area (Å²) in [4.78, 5) is 4.86. The van der Waals surface area contributed by atoms with Gasteiger partial charge in [-0.15, -0.1) is 11.3 Å². The Morgan fingerprint density at radius 3 is 2.56 bits per heavy atom. The second-order valence-electron chi connectivity index (χ2n) is 6.05. The van der Waals surface area contributed by atoms with Gasteiger partial charge in [0.15, 0.2) is 0 Å². The molecule has 1 atom stereocenters. The summed E-state index contributed by atoms with van der Waals surface area (Å²) < 4.78 is 28.5. The van der Waals surface area contributed by atoms with Crippen molar-refractivity contribution in [2.45, 2.75) is 23.2 Å². The van der Waals surface area contributed by atoms with Crippen molar-refractivity contribution in [3.05, 3.63) is 66.5 Å². The predicted octanol–water partition coefficient (Wildman–Crippen LogP) is 2.83. The quantitative estimate of drug-likeness (QED) is 0.601. The molecule has 8 heteroatoms. The van der Waals surface area contributed by atoms with E-state index in [-0.39, 0.29) is 10.8 Å². The third-order valence-corrected chi connectivity index (χ3v) is 6.50. The van der Waals surface area contributed by atoms with Gasteiger partial charge in [0.05, 0.1) is 6.10 Å². The van der Waals surface area contributed by atoms with Gasteiger partial charge >= 0.3 is 0 Å². The van der Waals surface area contributed by atoms with E-state index in [0.717, 1.165) is 33.8 Å². The zero-order valence-corrected chi connectivity index (χ0v) is 16.1. The number of hydrogen-bond acceptors (Lipinski definition) is 6. The molecule has 6 nitrogen and oxygen atoms in total. The van der Waals surface area contributed by atoms with Gasteiger partial charge < -0.3 is 9.84 Å². The van der Waals surface area contributed by atoms with E-state index in [0.29, 0.717) is 12.2 Å². The molecule has 0 fully saturated rings. The Morgan fingerprint density at radius 1 is 1.15 bits per heavy atom. The van der Waals surface area contributed by atoms with E-state index >= 15 is 0 Å². The highest BCUT2D eigenvalue weighted by atomic mass is 32.2. The predicted molar refractivity (Wildman–Crippen MR) is 105 cm³/mol. The minimum Gasteiger partial charge on any atom is -0.491 e. The Bertz CT molecular complexity index is 970. The topological polar surface area (TPSA) is 103 Å². The van der Waals surface area contributed by atoms with Crippen LogP contribution >= 0.6 is 11.3 Å². The molecule has 0 bridgehead atoms. The third-order valence-electron chi connectivity index (χ3n) is 3.93. The lowest BCUT2D eigenvalue weighted by Gasteiger charge is -2.12. The first kappa shape index (κ1) is 19.5. The van der Waals surface area contributed by atoms with Crippen LogP contribution in [0.1, 0.15) is 12.0 Å². The van der Waals surface area contributed by atoms with E-state index in [1.165, 1.54) is 6.07 Å². The van der Waals surface area contributed by atoms with E-state index < -0.39 is 16.1 Å². The van der Waals surface area contributed by atoms with Crippen LogP contribution in [-0.4, -0.2) is 31.2 Å². The van der Waals surface area contributed by atoms with E-state index in [2.05, 4.69) is 4.98 Å². The van der Waals surface area contributed by atoms with E-state index in [9.17, 15) is 13.5 Å². The smallest absolute Gasteiger partial charge is 0.247 e. The molecular formula is C19H20N2O4S2. The molecule has 2 aromatic heterocycles. The van der Waals surface area contributed by atoms with Crippen LogP contribution in [0.3, 0.4) is 0 Å². The van der Waals surface area contributed by atoms with Gasteiger partial charge in [0.25, 0.3) is 0 Å². The number of nitrogens with zero attached hydrogens (tertiary/aromatic N) is 1. The minimum absolute atomic E-state index is 0.134. The first-order valence-electron chi connectivity index (χ1n) is 8.34. The molecule has 0 saturated heterocycles. The average Bonchev–Trinajstić information content (AvgIpc) is 3.17. The number of rotatable bonds is 8. The Balaban J connectivity index is 1.52. The lowest BCUT2D eigenvalue weighted by molar-refractivity contribution is 0.100. The fourth-order valence-electron chi connectivity index (χ4n) is 2.50. The van der Waals surface area contributed by atoms with Crippen LogP contribution < -0.4 is 9.88 Å². The summed E-state index contributed by atoms with van der Waals surface area (Å²) in [5.74, 6) is 0.641. The third kappa shape index (κ3) is 5.61. The Labute approximate surface area is 162 Å². The summed E-state index contributed by atoms with van der Waals surface area (Å²) in [7, 11) is -3.68. The maximum Gasteiger partial charge on any atom is 0.247 e. The number of ether oxygens (including phenoxy) is 1. The zero-order chi connectivity index (χ0) is 19.3. The Morgan fingerprint density at radius 2 is 1.93 bits per heavy atom. The van der Waals surface area contributed by atoms with Crippen LogP contribution in [0.5, 0.6) is 5.75 Å². The number of benzene rings is 1. The maximum atomic E-state index is 11.4. The van der Waals surface area contributed by atoms with Crippen LogP contribution in [-0.2, 0) is 16.4 Å². The largest absolute Gasteiger partial charge is 0.491 e. The molecule has 0 aliphatic carbocycles. The fraction of sp³-hybridized carbons (Fsp3) is 0.211. The normalized spacial score (nSPS) is 12.7. The highest BCUT2D eigenvalue weighted by molar-refractivity contribution is 7.91. The molecule has 1 aromatic carbocycles. The summed E-state index contributed by atoms with van der Waals surface area (Å²) in [6.07, 6.45) is 4.27. The highest BCUT2D eigenvalue weighted by Crippen LogP contribution is 2.31. The van der Waals surface area contributed by atoms with Gasteiger partial charge in [-0.1, -0.05) is 6.07 Å². The van der Waals surface area contributed by atoms with Crippen molar-refractivity contribution in [1.29, 1.82) is 0 Å². The van der Waals surface area contributed by atoms with Crippen molar-refractivity contribution in [1.82, 2.24) is 4.98 Å². The number of nitrogens with two attached hydrogens (primary N) is 1. The molecule has 0 spiro atoms. The van der Waals surface area contributed by atoms with Gasteiger partial charge in [-0.3, -0.25) is 4.98 Å². The van der Waals surface area contributed by atoms with Gasteiger partial charge in [-0.05, 0) is 66.4 Å². The first-order valence-corrected chi connectivity index (χ1v) is 10.7. The summed E-state index contributed by atoms with van der Waals surface area (Å²) in [6, 6.07) is 14.3. The molecule has 3 N–H and O–H groups in total. The van der Waals surface area contributed by atoms with Crippen LogP contribution in [0, 0.1) is 0 Å². The lowest BCUT2D eigenvalue weighted by atomic mass is 10.1. The summed E-state index contributed by atoms with van der Waals surface area (Å²) in [5.41, 5.74) is 1.95. The van der Waals surface area contributed by atoms with Crippen LogP contribution in [0.4, 0.5) is 0 Å². The second-order valence-corrected chi connectivity index (χ2v) is 8.92. The summed E-state index contributed by atoms with van der Waals surface area (Å²) >= 11 is 1.12. The van der Waals surface area contributed by atoms with Crippen molar-refractivity contribution >= 4 is 21.4 Å². The Kier molecular flexibility index (Phi) is 6.22. The average molecular weight is 405 g/mol. The van der Waals surface area contributed by atoms with Gasteiger partial charge in [0.1, 0.15) is 16.6 Å². The van der Waals surface area contributed by atoms with Crippen molar-refractivity contribution in [3.63, 3.8) is 0 Å². The number of primary sulfonamides is 1. The molecule has 0 aliphatic rings. The van der Waals surface area contributed by atoms with Crippen LogP contribution in [0.2, 0.25) is 0 Å². The molecule has 1 unspecified atom stereocenters. The molecule has 0 amide bonds. The van der Waals surface area contributed by atoms with Crippen molar-refractivity contribution in [2.75, 3.05) is 6.61 Å².